The minimum absolute atomic E-state index is 0.0701. The van der Waals surface area contributed by atoms with E-state index >= 15 is 0 Å². The maximum Gasteiger partial charge on any atom is 0.0965 e. The molecule has 1 heterocycles. The normalized spacial score (nSPS) is 11.8. The molecular formula is C14H19BrN4O. The van der Waals surface area contributed by atoms with Gasteiger partial charge in [0.25, 0.3) is 0 Å². The van der Waals surface area contributed by atoms with Crippen molar-refractivity contribution >= 4 is 15.9 Å². The van der Waals surface area contributed by atoms with Gasteiger partial charge in [-0.1, -0.05) is 33.3 Å². The van der Waals surface area contributed by atoms with Crippen molar-refractivity contribution in [2.45, 2.75) is 32.5 Å². The third-order valence-corrected chi connectivity index (χ3v) is 3.72. The predicted octanol–water partition coefficient (Wildman–Crippen LogP) is 2.06. The molecule has 0 aliphatic rings. The van der Waals surface area contributed by atoms with Gasteiger partial charge in [-0.05, 0) is 31.5 Å². The smallest absolute Gasteiger partial charge is 0.0965 e. The Morgan fingerprint density at radius 3 is 2.65 bits per heavy atom. The largest absolute Gasteiger partial charge is 0.394 e. The van der Waals surface area contributed by atoms with Crippen molar-refractivity contribution in [3.8, 4) is 0 Å². The summed E-state index contributed by atoms with van der Waals surface area (Å²) >= 11 is 3.44. The second-order valence-corrected chi connectivity index (χ2v) is 6.10. The topological polar surface area (TPSA) is 63.0 Å². The highest BCUT2D eigenvalue weighted by molar-refractivity contribution is 9.10. The van der Waals surface area contributed by atoms with E-state index in [4.69, 9.17) is 5.11 Å². The number of hydrogen-bond donors (Lipinski definition) is 2. The van der Waals surface area contributed by atoms with E-state index in [-0.39, 0.29) is 12.1 Å². The Balaban J connectivity index is 1.99. The molecule has 0 saturated heterocycles. The number of hydrogen-bond acceptors (Lipinski definition) is 4. The minimum Gasteiger partial charge on any atom is -0.394 e. The molecule has 2 aromatic rings. The van der Waals surface area contributed by atoms with Crippen molar-refractivity contribution in [3.05, 3.63) is 46.2 Å². The van der Waals surface area contributed by atoms with Crippen molar-refractivity contribution in [3.63, 3.8) is 0 Å². The van der Waals surface area contributed by atoms with Crippen LogP contribution in [0.3, 0.4) is 0 Å². The average molecular weight is 339 g/mol. The van der Waals surface area contributed by atoms with Crippen LogP contribution in [0.2, 0.25) is 0 Å². The zero-order valence-electron chi connectivity index (χ0n) is 11.7. The molecule has 0 fully saturated rings. The van der Waals surface area contributed by atoms with Crippen LogP contribution in [0, 0.1) is 0 Å². The fourth-order valence-corrected chi connectivity index (χ4v) is 2.18. The van der Waals surface area contributed by atoms with Gasteiger partial charge in [-0.2, -0.15) is 0 Å². The molecule has 108 valence electrons. The van der Waals surface area contributed by atoms with Gasteiger partial charge in [0.05, 0.1) is 18.8 Å². The molecule has 1 aromatic carbocycles. The number of rotatable bonds is 6. The maximum atomic E-state index is 8.85. The van der Waals surface area contributed by atoms with Crippen LogP contribution < -0.4 is 5.32 Å². The van der Waals surface area contributed by atoms with E-state index < -0.39 is 0 Å². The van der Waals surface area contributed by atoms with Crippen molar-refractivity contribution in [1.29, 1.82) is 0 Å². The van der Waals surface area contributed by atoms with Gasteiger partial charge in [0.1, 0.15) is 0 Å². The molecule has 5 nitrogen and oxygen atoms in total. The standard InChI is InChI=1S/C14H19BrN4O/c1-14(2,11-3-5-12(15)6-4-11)16-9-13-10-19(7-8-20)18-17-13/h3-6,10,16,20H,7-9H2,1-2H3. The zero-order valence-corrected chi connectivity index (χ0v) is 13.3. The SMILES string of the molecule is CC(C)(NCc1cn(CCO)nn1)c1ccc(Br)cc1. The molecule has 1 aromatic heterocycles. The van der Waals surface area contributed by atoms with E-state index in [2.05, 4.69) is 57.5 Å². The quantitative estimate of drug-likeness (QED) is 0.846. The van der Waals surface area contributed by atoms with Gasteiger partial charge in [-0.15, -0.1) is 5.10 Å². The van der Waals surface area contributed by atoms with Crippen LogP contribution in [0.4, 0.5) is 0 Å². The Bertz CT molecular complexity index is 551. The Hall–Kier alpha value is -1.24. The van der Waals surface area contributed by atoms with Gasteiger partial charge in [-0.25, -0.2) is 4.68 Å². The van der Waals surface area contributed by atoms with E-state index in [1.165, 1.54) is 5.56 Å². The summed E-state index contributed by atoms with van der Waals surface area (Å²) in [6.07, 6.45) is 1.85. The molecule has 0 saturated carbocycles. The number of aliphatic hydroxyl groups excluding tert-OH is 1. The molecule has 2 rings (SSSR count). The summed E-state index contributed by atoms with van der Waals surface area (Å²) in [4.78, 5) is 0. The predicted molar refractivity (Wildman–Crippen MR) is 81.1 cm³/mol. The van der Waals surface area contributed by atoms with E-state index in [1.807, 2.05) is 18.3 Å². The summed E-state index contributed by atoms with van der Waals surface area (Å²) in [6.45, 7) is 5.45. The highest BCUT2D eigenvalue weighted by Gasteiger charge is 2.19. The first-order chi connectivity index (χ1) is 9.51. The number of nitrogens with zero attached hydrogens (tertiary/aromatic N) is 3. The molecule has 0 radical (unpaired) electrons. The summed E-state index contributed by atoms with van der Waals surface area (Å²) in [5.74, 6) is 0. The lowest BCUT2D eigenvalue weighted by atomic mass is 9.94. The summed E-state index contributed by atoms with van der Waals surface area (Å²) in [6, 6.07) is 8.27. The van der Waals surface area contributed by atoms with Crippen molar-refractivity contribution < 1.29 is 5.11 Å². The fourth-order valence-electron chi connectivity index (χ4n) is 1.91. The zero-order chi connectivity index (χ0) is 14.6. The van der Waals surface area contributed by atoms with Crippen molar-refractivity contribution in [2.75, 3.05) is 6.61 Å². The van der Waals surface area contributed by atoms with Gasteiger partial charge < -0.3 is 10.4 Å². The molecule has 0 unspecified atom stereocenters. The van der Waals surface area contributed by atoms with E-state index in [0.29, 0.717) is 13.1 Å². The summed E-state index contributed by atoms with van der Waals surface area (Å²) < 4.78 is 2.72. The van der Waals surface area contributed by atoms with Gasteiger partial charge in [0.2, 0.25) is 0 Å². The number of benzene rings is 1. The number of nitrogens with one attached hydrogen (secondary N) is 1. The van der Waals surface area contributed by atoms with Crippen LogP contribution >= 0.6 is 15.9 Å². The third kappa shape index (κ3) is 3.88. The fraction of sp³-hybridized carbons (Fsp3) is 0.429. The van der Waals surface area contributed by atoms with Crippen LogP contribution in [-0.2, 0) is 18.6 Å². The first-order valence-corrected chi connectivity index (χ1v) is 7.31. The molecule has 0 aliphatic carbocycles. The number of aromatic nitrogens is 3. The van der Waals surface area contributed by atoms with Gasteiger partial charge in [-0.3, -0.25) is 0 Å². The van der Waals surface area contributed by atoms with Crippen LogP contribution in [-0.4, -0.2) is 26.7 Å². The summed E-state index contributed by atoms with van der Waals surface area (Å²) in [7, 11) is 0. The molecule has 0 spiro atoms. The first kappa shape index (κ1) is 15.2. The van der Waals surface area contributed by atoms with Crippen LogP contribution in [0.25, 0.3) is 0 Å². The molecule has 20 heavy (non-hydrogen) atoms. The maximum absolute atomic E-state index is 8.85. The molecule has 0 amide bonds. The lowest BCUT2D eigenvalue weighted by molar-refractivity contribution is 0.268. The van der Waals surface area contributed by atoms with E-state index in [0.717, 1.165) is 10.2 Å². The van der Waals surface area contributed by atoms with Gasteiger partial charge in [0, 0.05) is 22.8 Å². The molecule has 0 aliphatic heterocycles. The second-order valence-electron chi connectivity index (χ2n) is 5.18. The summed E-state index contributed by atoms with van der Waals surface area (Å²) in [5.41, 5.74) is 1.92. The molecule has 0 bridgehead atoms. The second kappa shape index (κ2) is 6.47. The Morgan fingerprint density at radius 1 is 1.30 bits per heavy atom. The number of aliphatic hydroxyl groups is 1. The summed E-state index contributed by atoms with van der Waals surface area (Å²) in [5, 5.41) is 20.4. The van der Waals surface area contributed by atoms with E-state index in [1.54, 1.807) is 4.68 Å². The van der Waals surface area contributed by atoms with Crippen LogP contribution in [0.15, 0.2) is 34.9 Å². The lowest BCUT2D eigenvalue weighted by Crippen LogP contribution is -2.36. The third-order valence-electron chi connectivity index (χ3n) is 3.19. The van der Waals surface area contributed by atoms with Crippen molar-refractivity contribution in [2.24, 2.45) is 0 Å². The molecular weight excluding hydrogens is 320 g/mol. The molecule has 2 N–H and O–H groups in total. The number of halogens is 1. The lowest BCUT2D eigenvalue weighted by Gasteiger charge is -2.26. The average Bonchev–Trinajstić information content (AvgIpc) is 2.85. The van der Waals surface area contributed by atoms with Gasteiger partial charge in [0.15, 0.2) is 0 Å². The molecule has 6 heteroatoms. The minimum atomic E-state index is -0.151. The Kier molecular flexibility index (Phi) is 4.91. The van der Waals surface area contributed by atoms with Crippen molar-refractivity contribution in [1.82, 2.24) is 20.3 Å². The monoisotopic (exact) mass is 338 g/mol. The Morgan fingerprint density at radius 2 is 2.00 bits per heavy atom. The van der Waals surface area contributed by atoms with Gasteiger partial charge >= 0.3 is 0 Å². The highest BCUT2D eigenvalue weighted by atomic mass is 79.9. The van der Waals surface area contributed by atoms with Crippen LogP contribution in [0.1, 0.15) is 25.1 Å². The first-order valence-electron chi connectivity index (χ1n) is 6.52. The highest BCUT2D eigenvalue weighted by Crippen LogP contribution is 2.22. The molecule has 0 atom stereocenters. The van der Waals surface area contributed by atoms with Crippen LogP contribution in [0.5, 0.6) is 0 Å². The van der Waals surface area contributed by atoms with E-state index in [9.17, 15) is 0 Å². The Labute approximate surface area is 127 Å².